The molecule has 0 aromatic heterocycles. The third-order valence-corrected chi connectivity index (χ3v) is 1.52. The lowest BCUT2D eigenvalue weighted by Gasteiger charge is -2.07. The Morgan fingerprint density at radius 1 is 1.55 bits per heavy atom. The quantitative estimate of drug-likeness (QED) is 0.597. The van der Waals surface area contributed by atoms with Crippen LogP contribution in [0.4, 0.5) is 0 Å². The fraction of sp³-hybridized carbons (Fsp3) is 0.778. The van der Waals surface area contributed by atoms with Gasteiger partial charge in [0.2, 0.25) is 0 Å². The van der Waals surface area contributed by atoms with E-state index in [9.17, 15) is 0 Å². The third-order valence-electron chi connectivity index (χ3n) is 1.52. The van der Waals surface area contributed by atoms with Crippen molar-refractivity contribution in [2.75, 3.05) is 13.7 Å². The molecule has 0 aromatic rings. The van der Waals surface area contributed by atoms with E-state index in [1.54, 1.807) is 7.11 Å². The van der Waals surface area contributed by atoms with Gasteiger partial charge in [0.15, 0.2) is 0 Å². The summed E-state index contributed by atoms with van der Waals surface area (Å²) in [6.45, 7) is 2.35. The molecule has 2 heteroatoms. The second-order valence-corrected chi connectivity index (χ2v) is 2.50. The Morgan fingerprint density at radius 2 is 2.27 bits per heavy atom. The summed E-state index contributed by atoms with van der Waals surface area (Å²) in [6, 6.07) is 0. The Bertz CT molecular complexity index is 99.7. The van der Waals surface area contributed by atoms with E-state index in [0.29, 0.717) is 0 Å². The van der Waals surface area contributed by atoms with Crippen molar-refractivity contribution >= 4 is 0 Å². The minimum atomic E-state index is 0.221. The summed E-state index contributed by atoms with van der Waals surface area (Å²) in [5.74, 6) is 0. The van der Waals surface area contributed by atoms with Crippen LogP contribution in [0.25, 0.3) is 0 Å². The standard InChI is InChI=1S/C9H18O2/c1-3-6-9(11-2)7-4-5-8-10/h4,7,9-10H,3,5-6,8H2,1-2H3/b7-4+. The minimum absolute atomic E-state index is 0.221. The highest BCUT2D eigenvalue weighted by molar-refractivity contribution is 4.88. The second-order valence-electron chi connectivity index (χ2n) is 2.50. The zero-order valence-corrected chi connectivity index (χ0v) is 7.42. The molecule has 2 nitrogen and oxygen atoms in total. The van der Waals surface area contributed by atoms with Crippen LogP contribution in [-0.4, -0.2) is 24.9 Å². The number of methoxy groups -OCH3 is 1. The highest BCUT2D eigenvalue weighted by atomic mass is 16.5. The first-order valence-electron chi connectivity index (χ1n) is 4.15. The number of hydrogen-bond acceptors (Lipinski definition) is 2. The first kappa shape index (κ1) is 10.7. The van der Waals surface area contributed by atoms with E-state index in [0.717, 1.165) is 19.3 Å². The molecule has 0 saturated heterocycles. The lowest BCUT2D eigenvalue weighted by Crippen LogP contribution is -2.05. The van der Waals surface area contributed by atoms with E-state index < -0.39 is 0 Å². The van der Waals surface area contributed by atoms with Crippen molar-refractivity contribution < 1.29 is 9.84 Å². The first-order chi connectivity index (χ1) is 5.35. The maximum absolute atomic E-state index is 8.49. The van der Waals surface area contributed by atoms with Gasteiger partial charge in [0.1, 0.15) is 0 Å². The van der Waals surface area contributed by atoms with Crippen LogP contribution in [0, 0.1) is 0 Å². The molecule has 0 aliphatic heterocycles. The van der Waals surface area contributed by atoms with Crippen LogP contribution in [0.5, 0.6) is 0 Å². The maximum Gasteiger partial charge on any atom is 0.0751 e. The molecular weight excluding hydrogens is 140 g/mol. The topological polar surface area (TPSA) is 29.5 Å². The number of aliphatic hydroxyl groups is 1. The van der Waals surface area contributed by atoms with Crippen LogP contribution in [0.1, 0.15) is 26.2 Å². The molecule has 0 fully saturated rings. The van der Waals surface area contributed by atoms with E-state index in [1.165, 1.54) is 0 Å². The van der Waals surface area contributed by atoms with Crippen molar-refractivity contribution in [3.8, 4) is 0 Å². The van der Waals surface area contributed by atoms with Crippen molar-refractivity contribution in [3.05, 3.63) is 12.2 Å². The molecule has 0 spiro atoms. The van der Waals surface area contributed by atoms with E-state index in [2.05, 4.69) is 6.92 Å². The van der Waals surface area contributed by atoms with Gasteiger partial charge in [-0.2, -0.15) is 0 Å². The number of aliphatic hydroxyl groups excluding tert-OH is 1. The lowest BCUT2D eigenvalue weighted by atomic mass is 10.2. The summed E-state index contributed by atoms with van der Waals surface area (Å²) in [5, 5.41) is 8.49. The number of hydrogen-bond donors (Lipinski definition) is 1. The summed E-state index contributed by atoms with van der Waals surface area (Å²) in [7, 11) is 1.71. The molecule has 1 N–H and O–H groups in total. The van der Waals surface area contributed by atoms with Crippen LogP contribution in [0.2, 0.25) is 0 Å². The summed E-state index contributed by atoms with van der Waals surface area (Å²) >= 11 is 0. The Labute approximate surface area is 68.9 Å². The average Bonchev–Trinajstić information content (AvgIpc) is 2.03. The summed E-state index contributed by atoms with van der Waals surface area (Å²) < 4.78 is 5.17. The van der Waals surface area contributed by atoms with Crippen molar-refractivity contribution in [2.45, 2.75) is 32.3 Å². The average molecular weight is 158 g/mol. The summed E-state index contributed by atoms with van der Waals surface area (Å²) in [5.41, 5.74) is 0. The van der Waals surface area contributed by atoms with Gasteiger partial charge in [-0.1, -0.05) is 25.5 Å². The lowest BCUT2D eigenvalue weighted by molar-refractivity contribution is 0.132. The molecule has 0 rings (SSSR count). The van der Waals surface area contributed by atoms with Crippen molar-refractivity contribution in [1.82, 2.24) is 0 Å². The number of rotatable bonds is 6. The SMILES string of the molecule is CCCC(/C=C/CCO)OC. The molecule has 0 radical (unpaired) electrons. The molecule has 66 valence electrons. The van der Waals surface area contributed by atoms with Crippen LogP contribution in [-0.2, 0) is 4.74 Å². The molecule has 0 aliphatic rings. The van der Waals surface area contributed by atoms with Crippen molar-refractivity contribution in [2.24, 2.45) is 0 Å². The fourth-order valence-corrected chi connectivity index (χ4v) is 0.900. The monoisotopic (exact) mass is 158 g/mol. The maximum atomic E-state index is 8.49. The van der Waals surface area contributed by atoms with Crippen molar-refractivity contribution in [3.63, 3.8) is 0 Å². The Hall–Kier alpha value is -0.340. The van der Waals surface area contributed by atoms with E-state index in [-0.39, 0.29) is 12.7 Å². The normalized spacial score (nSPS) is 14.1. The van der Waals surface area contributed by atoms with Gasteiger partial charge in [-0.25, -0.2) is 0 Å². The highest BCUT2D eigenvalue weighted by Crippen LogP contribution is 2.02. The largest absolute Gasteiger partial charge is 0.396 e. The van der Waals surface area contributed by atoms with E-state index in [1.807, 2.05) is 12.2 Å². The van der Waals surface area contributed by atoms with Gasteiger partial charge < -0.3 is 9.84 Å². The van der Waals surface area contributed by atoms with Gasteiger partial charge in [-0.15, -0.1) is 0 Å². The molecule has 0 heterocycles. The van der Waals surface area contributed by atoms with Crippen LogP contribution in [0.3, 0.4) is 0 Å². The first-order valence-corrected chi connectivity index (χ1v) is 4.15. The zero-order valence-electron chi connectivity index (χ0n) is 7.42. The molecular formula is C9H18O2. The van der Waals surface area contributed by atoms with Gasteiger partial charge in [-0.05, 0) is 12.8 Å². The van der Waals surface area contributed by atoms with Gasteiger partial charge >= 0.3 is 0 Å². The van der Waals surface area contributed by atoms with Crippen LogP contribution < -0.4 is 0 Å². The van der Waals surface area contributed by atoms with E-state index >= 15 is 0 Å². The molecule has 0 aliphatic carbocycles. The number of ether oxygens (including phenoxy) is 1. The molecule has 11 heavy (non-hydrogen) atoms. The molecule has 0 aromatic carbocycles. The minimum Gasteiger partial charge on any atom is -0.396 e. The molecule has 1 atom stereocenters. The van der Waals surface area contributed by atoms with Gasteiger partial charge in [0.05, 0.1) is 6.10 Å². The van der Waals surface area contributed by atoms with Gasteiger partial charge in [0, 0.05) is 13.7 Å². The van der Waals surface area contributed by atoms with Gasteiger partial charge in [-0.3, -0.25) is 0 Å². The summed E-state index contributed by atoms with van der Waals surface area (Å²) in [4.78, 5) is 0. The Balaban J connectivity index is 3.49. The van der Waals surface area contributed by atoms with Crippen LogP contribution in [0.15, 0.2) is 12.2 Å². The predicted octanol–water partition coefficient (Wildman–Crippen LogP) is 1.74. The Morgan fingerprint density at radius 3 is 2.73 bits per heavy atom. The molecule has 0 bridgehead atoms. The smallest absolute Gasteiger partial charge is 0.0751 e. The fourth-order valence-electron chi connectivity index (χ4n) is 0.900. The molecule has 0 amide bonds. The highest BCUT2D eigenvalue weighted by Gasteiger charge is 1.98. The Kier molecular flexibility index (Phi) is 7.52. The third kappa shape index (κ3) is 6.07. The molecule has 0 saturated carbocycles. The van der Waals surface area contributed by atoms with Crippen molar-refractivity contribution in [1.29, 1.82) is 0 Å². The van der Waals surface area contributed by atoms with E-state index in [4.69, 9.17) is 9.84 Å². The zero-order chi connectivity index (χ0) is 8.53. The van der Waals surface area contributed by atoms with Crippen LogP contribution >= 0.6 is 0 Å². The second kappa shape index (κ2) is 7.76. The summed E-state index contributed by atoms with van der Waals surface area (Å²) in [6.07, 6.45) is 7.11. The van der Waals surface area contributed by atoms with Gasteiger partial charge in [0.25, 0.3) is 0 Å². The molecule has 1 unspecified atom stereocenters. The predicted molar refractivity (Wildman–Crippen MR) is 46.5 cm³/mol.